The van der Waals surface area contributed by atoms with E-state index in [4.69, 9.17) is 0 Å². The first-order valence-corrected chi connectivity index (χ1v) is 8.39. The molecular formula is C16H30N2. The van der Waals surface area contributed by atoms with Crippen molar-refractivity contribution in [1.29, 1.82) is 0 Å². The Hall–Kier alpha value is -0.0800. The molecule has 104 valence electrons. The van der Waals surface area contributed by atoms with Gasteiger partial charge in [0, 0.05) is 18.1 Å². The maximum absolute atomic E-state index is 3.74. The molecule has 1 N–H and O–H groups in total. The van der Waals surface area contributed by atoms with E-state index in [-0.39, 0.29) is 0 Å². The van der Waals surface area contributed by atoms with Gasteiger partial charge in [0.05, 0.1) is 0 Å². The molecule has 0 aromatic heterocycles. The fraction of sp³-hybridized carbons (Fsp3) is 1.00. The standard InChI is InChI=1S/C16H30N2/c1-2-17-14-9-5-10-16(14)18-12-6-11-15(18)13-7-3-4-8-13/h13-17H,2-12H2,1H3. The second-order valence-corrected chi connectivity index (χ2v) is 6.65. The molecule has 0 radical (unpaired) electrons. The molecule has 3 fully saturated rings. The van der Waals surface area contributed by atoms with Crippen LogP contribution in [0.1, 0.15) is 64.7 Å². The normalized spacial score (nSPS) is 38.8. The zero-order chi connectivity index (χ0) is 12.4. The molecule has 2 saturated carbocycles. The van der Waals surface area contributed by atoms with Gasteiger partial charge in [0.25, 0.3) is 0 Å². The lowest BCUT2D eigenvalue weighted by Gasteiger charge is -2.37. The highest BCUT2D eigenvalue weighted by molar-refractivity contribution is 4.97. The predicted molar refractivity (Wildman–Crippen MR) is 76.8 cm³/mol. The zero-order valence-electron chi connectivity index (χ0n) is 12.0. The summed E-state index contributed by atoms with van der Waals surface area (Å²) in [5, 5.41) is 3.74. The van der Waals surface area contributed by atoms with Crippen LogP contribution in [0.25, 0.3) is 0 Å². The molecule has 2 aliphatic carbocycles. The smallest absolute Gasteiger partial charge is 0.0252 e. The van der Waals surface area contributed by atoms with Crippen LogP contribution in [0.4, 0.5) is 0 Å². The van der Waals surface area contributed by atoms with Crippen LogP contribution in [0, 0.1) is 5.92 Å². The van der Waals surface area contributed by atoms with Crippen LogP contribution in [0.3, 0.4) is 0 Å². The van der Waals surface area contributed by atoms with Crippen molar-refractivity contribution in [2.45, 2.75) is 82.8 Å². The summed E-state index contributed by atoms with van der Waals surface area (Å²) in [4.78, 5) is 2.93. The first-order valence-electron chi connectivity index (χ1n) is 8.39. The average Bonchev–Trinajstić information content (AvgIpc) is 3.10. The van der Waals surface area contributed by atoms with Gasteiger partial charge < -0.3 is 5.32 Å². The van der Waals surface area contributed by atoms with E-state index in [0.29, 0.717) is 0 Å². The molecule has 1 saturated heterocycles. The summed E-state index contributed by atoms with van der Waals surface area (Å²) < 4.78 is 0. The molecule has 1 heterocycles. The summed E-state index contributed by atoms with van der Waals surface area (Å²) >= 11 is 0. The number of nitrogens with zero attached hydrogens (tertiary/aromatic N) is 1. The van der Waals surface area contributed by atoms with E-state index in [1.165, 1.54) is 64.3 Å². The summed E-state index contributed by atoms with van der Waals surface area (Å²) in [6.45, 7) is 4.78. The van der Waals surface area contributed by atoms with Crippen LogP contribution in [-0.2, 0) is 0 Å². The molecule has 0 aromatic rings. The topological polar surface area (TPSA) is 15.3 Å². The predicted octanol–water partition coefficient (Wildman–Crippen LogP) is 3.17. The Morgan fingerprint density at radius 3 is 2.44 bits per heavy atom. The molecule has 3 aliphatic rings. The summed E-state index contributed by atoms with van der Waals surface area (Å²) in [5.74, 6) is 1.04. The van der Waals surface area contributed by atoms with Crippen molar-refractivity contribution in [2.75, 3.05) is 13.1 Å². The minimum Gasteiger partial charge on any atom is -0.313 e. The fourth-order valence-corrected chi connectivity index (χ4v) is 4.91. The third-order valence-electron chi connectivity index (χ3n) is 5.66. The molecule has 3 unspecified atom stereocenters. The lowest BCUT2D eigenvalue weighted by atomic mass is 9.94. The van der Waals surface area contributed by atoms with Crippen LogP contribution in [0.2, 0.25) is 0 Å². The lowest BCUT2D eigenvalue weighted by Crippen LogP contribution is -2.50. The van der Waals surface area contributed by atoms with Crippen molar-refractivity contribution in [2.24, 2.45) is 5.92 Å². The third-order valence-corrected chi connectivity index (χ3v) is 5.66. The van der Waals surface area contributed by atoms with Gasteiger partial charge in [-0.15, -0.1) is 0 Å². The van der Waals surface area contributed by atoms with E-state index in [0.717, 1.165) is 30.6 Å². The van der Waals surface area contributed by atoms with Crippen molar-refractivity contribution in [3.05, 3.63) is 0 Å². The third kappa shape index (κ3) is 2.46. The van der Waals surface area contributed by atoms with E-state index < -0.39 is 0 Å². The monoisotopic (exact) mass is 250 g/mol. The lowest BCUT2D eigenvalue weighted by molar-refractivity contribution is 0.119. The van der Waals surface area contributed by atoms with E-state index in [1.807, 2.05) is 0 Å². The molecule has 0 spiro atoms. The second-order valence-electron chi connectivity index (χ2n) is 6.65. The van der Waals surface area contributed by atoms with E-state index >= 15 is 0 Å². The number of nitrogens with one attached hydrogen (secondary N) is 1. The maximum atomic E-state index is 3.74. The van der Waals surface area contributed by atoms with Crippen LogP contribution in [0.5, 0.6) is 0 Å². The summed E-state index contributed by atoms with van der Waals surface area (Å²) in [7, 11) is 0. The summed E-state index contributed by atoms with van der Waals surface area (Å²) in [6, 6.07) is 2.59. The molecule has 0 aromatic carbocycles. The van der Waals surface area contributed by atoms with E-state index in [1.54, 1.807) is 0 Å². The number of likely N-dealkylation sites (tertiary alicyclic amines) is 1. The number of hydrogen-bond donors (Lipinski definition) is 1. The average molecular weight is 250 g/mol. The Kier molecular flexibility index (Phi) is 4.25. The van der Waals surface area contributed by atoms with Crippen molar-refractivity contribution in [3.8, 4) is 0 Å². The van der Waals surface area contributed by atoms with E-state index in [9.17, 15) is 0 Å². The Morgan fingerprint density at radius 1 is 0.889 bits per heavy atom. The number of likely N-dealkylation sites (N-methyl/N-ethyl adjacent to an activating group) is 1. The first kappa shape index (κ1) is 12.9. The van der Waals surface area contributed by atoms with Gasteiger partial charge in [0.1, 0.15) is 0 Å². The Labute approximate surface area is 113 Å². The molecule has 2 nitrogen and oxygen atoms in total. The molecule has 18 heavy (non-hydrogen) atoms. The van der Waals surface area contributed by atoms with Gasteiger partial charge in [-0.2, -0.15) is 0 Å². The van der Waals surface area contributed by atoms with Gasteiger partial charge in [0.15, 0.2) is 0 Å². The highest BCUT2D eigenvalue weighted by atomic mass is 15.2. The Bertz CT molecular complexity index is 260. The first-order chi connectivity index (χ1) is 8.90. The molecule has 2 heteroatoms. The van der Waals surface area contributed by atoms with Gasteiger partial charge in [-0.3, -0.25) is 4.90 Å². The van der Waals surface area contributed by atoms with Gasteiger partial charge in [0.2, 0.25) is 0 Å². The molecule has 0 bridgehead atoms. The van der Waals surface area contributed by atoms with Crippen LogP contribution < -0.4 is 5.32 Å². The maximum Gasteiger partial charge on any atom is 0.0252 e. The van der Waals surface area contributed by atoms with Gasteiger partial charge >= 0.3 is 0 Å². The minimum atomic E-state index is 0.789. The SMILES string of the molecule is CCNC1CCCC1N1CCCC1C1CCCC1. The van der Waals surface area contributed by atoms with Gasteiger partial charge in [-0.25, -0.2) is 0 Å². The summed E-state index contributed by atoms with van der Waals surface area (Å²) in [5.41, 5.74) is 0. The zero-order valence-corrected chi connectivity index (χ0v) is 12.0. The second kappa shape index (κ2) is 5.92. The quantitative estimate of drug-likeness (QED) is 0.824. The van der Waals surface area contributed by atoms with Gasteiger partial charge in [-0.1, -0.05) is 26.2 Å². The van der Waals surface area contributed by atoms with Crippen LogP contribution in [0.15, 0.2) is 0 Å². The molecule has 1 aliphatic heterocycles. The highest BCUT2D eigenvalue weighted by Gasteiger charge is 2.40. The van der Waals surface area contributed by atoms with Crippen molar-refractivity contribution < 1.29 is 0 Å². The van der Waals surface area contributed by atoms with Crippen molar-refractivity contribution in [1.82, 2.24) is 10.2 Å². The van der Waals surface area contributed by atoms with E-state index in [2.05, 4.69) is 17.1 Å². The van der Waals surface area contributed by atoms with Gasteiger partial charge in [-0.05, 0) is 57.5 Å². The Balaban J connectivity index is 1.65. The van der Waals surface area contributed by atoms with Crippen LogP contribution in [-0.4, -0.2) is 36.1 Å². The molecular weight excluding hydrogens is 220 g/mol. The highest BCUT2D eigenvalue weighted by Crippen LogP contribution is 2.39. The van der Waals surface area contributed by atoms with Crippen molar-refractivity contribution >= 4 is 0 Å². The molecule has 3 rings (SSSR count). The Morgan fingerprint density at radius 2 is 1.67 bits per heavy atom. The van der Waals surface area contributed by atoms with Crippen molar-refractivity contribution in [3.63, 3.8) is 0 Å². The largest absolute Gasteiger partial charge is 0.313 e. The molecule has 0 amide bonds. The fourth-order valence-electron chi connectivity index (χ4n) is 4.91. The molecule has 3 atom stereocenters. The minimum absolute atomic E-state index is 0.789. The number of hydrogen-bond acceptors (Lipinski definition) is 2. The summed E-state index contributed by atoms with van der Waals surface area (Å²) in [6.07, 6.45) is 13.3. The number of rotatable bonds is 4. The van der Waals surface area contributed by atoms with Crippen LogP contribution >= 0.6 is 0 Å².